The van der Waals surface area contributed by atoms with Crippen molar-refractivity contribution in [3.63, 3.8) is 0 Å². The summed E-state index contributed by atoms with van der Waals surface area (Å²) >= 11 is 0. The van der Waals surface area contributed by atoms with E-state index in [1.807, 2.05) is 0 Å². The van der Waals surface area contributed by atoms with Gasteiger partial charge < -0.3 is 20.8 Å². The number of aromatic nitrogens is 1. The van der Waals surface area contributed by atoms with Gasteiger partial charge in [0.05, 0.1) is 11.9 Å². The first-order valence-corrected chi connectivity index (χ1v) is 4.95. The molecule has 0 saturated heterocycles. The number of hydrogen-bond acceptors (Lipinski definition) is 4. The molecule has 1 rings (SSSR count). The standard InChI is InChI=1S/C10H13N3O4/c14-8(9(15)16)3-5-12-10(17)13-7-2-1-4-11-6-7/h1-2,4,6,8,14H,3,5H2,(H,15,16)(H2,12,13,17)/t8-/m0/s1. The highest BCUT2D eigenvalue weighted by Crippen LogP contribution is 2.01. The molecule has 7 nitrogen and oxygen atoms in total. The lowest BCUT2D eigenvalue weighted by Crippen LogP contribution is -2.33. The Bertz CT molecular complexity index is 382. The zero-order valence-electron chi connectivity index (χ0n) is 8.96. The molecule has 7 heteroatoms. The van der Waals surface area contributed by atoms with E-state index >= 15 is 0 Å². The van der Waals surface area contributed by atoms with E-state index in [9.17, 15) is 9.59 Å². The number of carboxylic acid groups (broad SMARTS) is 1. The molecule has 92 valence electrons. The highest BCUT2D eigenvalue weighted by atomic mass is 16.4. The Balaban J connectivity index is 2.25. The maximum absolute atomic E-state index is 11.3. The lowest BCUT2D eigenvalue weighted by atomic mass is 10.2. The number of rotatable bonds is 5. The number of hydrogen-bond donors (Lipinski definition) is 4. The molecule has 17 heavy (non-hydrogen) atoms. The molecule has 0 saturated carbocycles. The minimum atomic E-state index is -1.46. The van der Waals surface area contributed by atoms with E-state index in [-0.39, 0.29) is 13.0 Å². The van der Waals surface area contributed by atoms with Crippen LogP contribution in [-0.2, 0) is 4.79 Å². The molecule has 0 radical (unpaired) electrons. The van der Waals surface area contributed by atoms with Crippen molar-refractivity contribution in [3.05, 3.63) is 24.5 Å². The van der Waals surface area contributed by atoms with Crippen LogP contribution in [0.5, 0.6) is 0 Å². The number of nitrogens with one attached hydrogen (secondary N) is 2. The summed E-state index contributed by atoms with van der Waals surface area (Å²) in [6.45, 7) is 0.0690. The minimum absolute atomic E-state index is 0.0458. The highest BCUT2D eigenvalue weighted by molar-refractivity contribution is 5.88. The van der Waals surface area contributed by atoms with E-state index in [1.165, 1.54) is 6.20 Å². The predicted molar refractivity (Wildman–Crippen MR) is 59.5 cm³/mol. The number of pyridine rings is 1. The van der Waals surface area contributed by atoms with Crippen molar-refractivity contribution in [1.82, 2.24) is 10.3 Å². The lowest BCUT2D eigenvalue weighted by Gasteiger charge is -2.08. The number of aliphatic carboxylic acids is 1. The van der Waals surface area contributed by atoms with Gasteiger partial charge >= 0.3 is 12.0 Å². The van der Waals surface area contributed by atoms with Gasteiger partial charge in [0.15, 0.2) is 6.10 Å². The number of carbonyl (C=O) groups excluding carboxylic acids is 1. The first-order valence-electron chi connectivity index (χ1n) is 4.95. The van der Waals surface area contributed by atoms with E-state index in [0.29, 0.717) is 5.69 Å². The van der Waals surface area contributed by atoms with E-state index < -0.39 is 18.1 Å². The van der Waals surface area contributed by atoms with Crippen molar-refractivity contribution >= 4 is 17.7 Å². The largest absolute Gasteiger partial charge is 0.479 e. The number of anilines is 1. The van der Waals surface area contributed by atoms with Crippen LogP contribution in [0, 0.1) is 0 Å². The summed E-state index contributed by atoms with van der Waals surface area (Å²) in [5.74, 6) is -1.31. The van der Waals surface area contributed by atoms with Crippen LogP contribution < -0.4 is 10.6 Å². The van der Waals surface area contributed by atoms with Gasteiger partial charge in [-0.3, -0.25) is 4.98 Å². The van der Waals surface area contributed by atoms with E-state index in [1.54, 1.807) is 18.3 Å². The molecule has 1 atom stereocenters. The first-order chi connectivity index (χ1) is 8.09. The fourth-order valence-corrected chi connectivity index (χ4v) is 1.06. The number of carbonyl (C=O) groups is 2. The third kappa shape index (κ3) is 4.94. The van der Waals surface area contributed by atoms with E-state index in [4.69, 9.17) is 10.2 Å². The first kappa shape index (κ1) is 12.9. The Morgan fingerprint density at radius 1 is 1.47 bits per heavy atom. The maximum Gasteiger partial charge on any atom is 0.332 e. The summed E-state index contributed by atoms with van der Waals surface area (Å²) in [7, 11) is 0. The molecule has 0 fully saturated rings. The van der Waals surface area contributed by atoms with Crippen LogP contribution >= 0.6 is 0 Å². The quantitative estimate of drug-likeness (QED) is 0.579. The van der Waals surface area contributed by atoms with Gasteiger partial charge in [-0.05, 0) is 12.1 Å². The summed E-state index contributed by atoms with van der Waals surface area (Å²) in [6, 6.07) is 2.86. The molecule has 0 aliphatic carbocycles. The number of carboxylic acids is 1. The maximum atomic E-state index is 11.3. The minimum Gasteiger partial charge on any atom is -0.479 e. The van der Waals surface area contributed by atoms with Crippen LogP contribution in [0.3, 0.4) is 0 Å². The molecule has 1 aromatic heterocycles. The van der Waals surface area contributed by atoms with Gasteiger partial charge in [0.1, 0.15) is 0 Å². The molecule has 1 heterocycles. The van der Waals surface area contributed by atoms with Crippen LogP contribution in [0.2, 0.25) is 0 Å². The second-order valence-electron chi connectivity index (χ2n) is 3.27. The Morgan fingerprint density at radius 3 is 2.82 bits per heavy atom. The monoisotopic (exact) mass is 239 g/mol. The van der Waals surface area contributed by atoms with Gasteiger partial charge in [-0.15, -0.1) is 0 Å². The van der Waals surface area contributed by atoms with Gasteiger partial charge in [0, 0.05) is 19.2 Å². The number of urea groups is 1. The summed E-state index contributed by atoms with van der Waals surface area (Å²) < 4.78 is 0. The van der Waals surface area contributed by atoms with Crippen LogP contribution in [0.4, 0.5) is 10.5 Å². The number of nitrogens with zero attached hydrogens (tertiary/aromatic N) is 1. The van der Waals surface area contributed by atoms with Gasteiger partial charge in [-0.1, -0.05) is 0 Å². The number of aliphatic hydroxyl groups is 1. The van der Waals surface area contributed by atoms with Crippen LogP contribution in [-0.4, -0.2) is 39.8 Å². The third-order valence-electron chi connectivity index (χ3n) is 1.91. The lowest BCUT2D eigenvalue weighted by molar-refractivity contribution is -0.146. The number of aliphatic hydroxyl groups excluding tert-OH is 1. The molecule has 0 aromatic carbocycles. The molecule has 4 N–H and O–H groups in total. The average molecular weight is 239 g/mol. The fraction of sp³-hybridized carbons (Fsp3) is 0.300. The van der Waals surface area contributed by atoms with Gasteiger partial charge in [0.2, 0.25) is 0 Å². The predicted octanol–water partition coefficient (Wildman–Crippen LogP) is 0.0387. The zero-order chi connectivity index (χ0) is 12.7. The molecular formula is C10H13N3O4. The Labute approximate surface area is 97.5 Å². The molecular weight excluding hydrogens is 226 g/mol. The molecule has 1 aromatic rings. The summed E-state index contributed by atoms with van der Waals surface area (Å²) in [5.41, 5.74) is 0.531. The zero-order valence-corrected chi connectivity index (χ0v) is 8.96. The van der Waals surface area contributed by atoms with Crippen molar-refractivity contribution in [3.8, 4) is 0 Å². The second kappa shape index (κ2) is 6.44. The average Bonchev–Trinajstić information content (AvgIpc) is 2.30. The smallest absolute Gasteiger partial charge is 0.332 e. The second-order valence-corrected chi connectivity index (χ2v) is 3.27. The molecule has 0 unspecified atom stereocenters. The van der Waals surface area contributed by atoms with Crippen molar-refractivity contribution in [2.45, 2.75) is 12.5 Å². The number of amides is 2. The summed E-state index contributed by atoms with van der Waals surface area (Å²) in [5, 5.41) is 22.3. The molecule has 0 spiro atoms. The van der Waals surface area contributed by atoms with E-state index in [0.717, 1.165) is 0 Å². The van der Waals surface area contributed by atoms with Crippen LogP contribution in [0.25, 0.3) is 0 Å². The van der Waals surface area contributed by atoms with Crippen molar-refractivity contribution in [1.29, 1.82) is 0 Å². The summed E-state index contributed by atoms with van der Waals surface area (Å²) in [6.07, 6.45) is 1.54. The topological polar surface area (TPSA) is 112 Å². The normalized spacial score (nSPS) is 11.6. The van der Waals surface area contributed by atoms with Crippen molar-refractivity contribution < 1.29 is 19.8 Å². The van der Waals surface area contributed by atoms with Gasteiger partial charge in [-0.2, -0.15) is 0 Å². The molecule has 2 amide bonds. The Kier molecular flexibility index (Phi) is 4.89. The van der Waals surface area contributed by atoms with E-state index in [2.05, 4.69) is 15.6 Å². The Hall–Kier alpha value is -2.15. The SMILES string of the molecule is O=C(NCC[C@H](O)C(=O)O)Nc1cccnc1. The molecule has 0 aliphatic heterocycles. The summed E-state index contributed by atoms with van der Waals surface area (Å²) in [4.78, 5) is 25.4. The van der Waals surface area contributed by atoms with Gasteiger partial charge in [-0.25, -0.2) is 9.59 Å². The highest BCUT2D eigenvalue weighted by Gasteiger charge is 2.12. The van der Waals surface area contributed by atoms with Crippen LogP contribution in [0.1, 0.15) is 6.42 Å². The Morgan fingerprint density at radius 2 is 2.24 bits per heavy atom. The van der Waals surface area contributed by atoms with Gasteiger partial charge in [0.25, 0.3) is 0 Å². The molecule has 0 bridgehead atoms. The van der Waals surface area contributed by atoms with Crippen molar-refractivity contribution in [2.24, 2.45) is 0 Å². The van der Waals surface area contributed by atoms with Crippen LogP contribution in [0.15, 0.2) is 24.5 Å². The third-order valence-corrected chi connectivity index (χ3v) is 1.91. The van der Waals surface area contributed by atoms with Crippen molar-refractivity contribution in [2.75, 3.05) is 11.9 Å². The molecule has 0 aliphatic rings. The fourth-order valence-electron chi connectivity index (χ4n) is 1.06.